The zero-order chi connectivity index (χ0) is 16.2. The van der Waals surface area contributed by atoms with Crippen molar-refractivity contribution >= 4 is 16.9 Å². The lowest BCUT2D eigenvalue weighted by atomic mass is 10.1. The molecule has 1 heterocycles. The van der Waals surface area contributed by atoms with Gasteiger partial charge in [-0.1, -0.05) is 43.3 Å². The van der Waals surface area contributed by atoms with E-state index in [0.717, 1.165) is 36.7 Å². The Hall–Kier alpha value is -2.07. The van der Waals surface area contributed by atoms with E-state index in [9.17, 15) is 4.79 Å². The predicted octanol–water partition coefficient (Wildman–Crippen LogP) is 3.80. The molecule has 3 rings (SSSR count). The van der Waals surface area contributed by atoms with Crippen molar-refractivity contribution in [2.24, 2.45) is 0 Å². The highest BCUT2D eigenvalue weighted by atomic mass is 16.6. The number of carbonyl (C=O) groups excluding carboxylic acids is 1. The molecule has 1 amide bonds. The van der Waals surface area contributed by atoms with E-state index < -0.39 is 0 Å². The van der Waals surface area contributed by atoms with Crippen molar-refractivity contribution in [3.8, 4) is 5.75 Å². The Morgan fingerprint density at radius 2 is 2.09 bits per heavy atom. The Bertz CT molecular complexity index is 675. The highest BCUT2D eigenvalue weighted by Crippen LogP contribution is 2.26. The van der Waals surface area contributed by atoms with Crippen molar-refractivity contribution in [2.45, 2.75) is 38.8 Å². The van der Waals surface area contributed by atoms with E-state index in [1.54, 1.807) is 0 Å². The molecule has 1 aliphatic heterocycles. The van der Waals surface area contributed by atoms with Gasteiger partial charge in [-0.15, -0.1) is 0 Å². The smallest absolute Gasteiger partial charge is 0.410 e. The molecule has 2 aromatic rings. The van der Waals surface area contributed by atoms with Crippen LogP contribution in [0.25, 0.3) is 10.8 Å². The number of fused-ring (bicyclic) bond motifs is 1. The van der Waals surface area contributed by atoms with Crippen molar-refractivity contribution in [1.82, 2.24) is 10.2 Å². The maximum Gasteiger partial charge on any atom is 0.415 e. The average Bonchev–Trinajstić information content (AvgIpc) is 3.09. The second-order valence-corrected chi connectivity index (χ2v) is 6.16. The fourth-order valence-corrected chi connectivity index (χ4v) is 3.19. The first-order valence-corrected chi connectivity index (χ1v) is 8.39. The Morgan fingerprint density at radius 1 is 1.30 bits per heavy atom. The Labute approximate surface area is 137 Å². The highest BCUT2D eigenvalue weighted by Gasteiger charge is 2.31. The third kappa shape index (κ3) is 3.32. The van der Waals surface area contributed by atoms with Crippen molar-refractivity contribution in [1.29, 1.82) is 0 Å². The summed E-state index contributed by atoms with van der Waals surface area (Å²) in [4.78, 5) is 14.7. The van der Waals surface area contributed by atoms with Crippen LogP contribution in [0.1, 0.15) is 26.7 Å². The molecule has 0 radical (unpaired) electrons. The number of hydrogen-bond donors (Lipinski definition) is 1. The van der Waals surface area contributed by atoms with Gasteiger partial charge in [-0.2, -0.15) is 0 Å². The van der Waals surface area contributed by atoms with Crippen LogP contribution >= 0.6 is 0 Å². The summed E-state index contributed by atoms with van der Waals surface area (Å²) in [5.74, 6) is 0.632. The molecule has 0 spiro atoms. The minimum absolute atomic E-state index is 0.169. The van der Waals surface area contributed by atoms with E-state index in [4.69, 9.17) is 4.74 Å². The maximum absolute atomic E-state index is 12.8. The minimum Gasteiger partial charge on any atom is -0.410 e. The zero-order valence-corrected chi connectivity index (χ0v) is 13.8. The lowest BCUT2D eigenvalue weighted by Crippen LogP contribution is -2.48. The van der Waals surface area contributed by atoms with Crippen LogP contribution in [-0.2, 0) is 0 Å². The molecule has 4 heteroatoms. The SMILES string of the molecule is CCC(C)N(C(=O)Oc1cccc2ccccc12)C1CCNC1. The normalized spacial score (nSPS) is 18.8. The van der Waals surface area contributed by atoms with Gasteiger partial charge in [0.2, 0.25) is 0 Å². The zero-order valence-electron chi connectivity index (χ0n) is 13.8. The molecule has 2 atom stereocenters. The van der Waals surface area contributed by atoms with E-state index in [0.29, 0.717) is 5.75 Å². The van der Waals surface area contributed by atoms with Crippen LogP contribution < -0.4 is 10.1 Å². The summed E-state index contributed by atoms with van der Waals surface area (Å²) in [5, 5.41) is 5.38. The standard InChI is InChI=1S/C19H24N2O2/c1-3-14(2)21(16-11-12-20-13-16)19(22)23-18-10-6-8-15-7-4-5-9-17(15)18/h4-10,14,16,20H,3,11-13H2,1-2H3. The number of hydrogen-bond acceptors (Lipinski definition) is 3. The number of nitrogens with one attached hydrogen (secondary N) is 1. The number of benzene rings is 2. The van der Waals surface area contributed by atoms with Gasteiger partial charge < -0.3 is 15.0 Å². The van der Waals surface area contributed by atoms with Gasteiger partial charge in [-0.25, -0.2) is 4.79 Å². The van der Waals surface area contributed by atoms with Crippen LogP contribution in [0.4, 0.5) is 4.79 Å². The first-order valence-electron chi connectivity index (χ1n) is 8.39. The summed E-state index contributed by atoms with van der Waals surface area (Å²) in [6.45, 7) is 5.99. The molecule has 2 unspecified atom stereocenters. The van der Waals surface area contributed by atoms with Gasteiger partial charge in [0.15, 0.2) is 0 Å². The number of carbonyl (C=O) groups is 1. The third-order valence-electron chi connectivity index (χ3n) is 4.65. The average molecular weight is 312 g/mol. The Kier molecular flexibility index (Phi) is 4.82. The summed E-state index contributed by atoms with van der Waals surface area (Å²) in [6.07, 6.45) is 1.65. The number of amides is 1. The molecular formula is C19H24N2O2. The summed E-state index contributed by atoms with van der Waals surface area (Å²) in [5.41, 5.74) is 0. The molecule has 0 saturated carbocycles. The van der Waals surface area contributed by atoms with Gasteiger partial charge in [0.1, 0.15) is 5.75 Å². The van der Waals surface area contributed by atoms with Crippen LogP contribution in [0, 0.1) is 0 Å². The topological polar surface area (TPSA) is 41.6 Å². The maximum atomic E-state index is 12.8. The van der Waals surface area contributed by atoms with Crippen LogP contribution in [-0.4, -0.2) is 36.2 Å². The summed E-state index contributed by atoms with van der Waals surface area (Å²) < 4.78 is 5.78. The quantitative estimate of drug-likeness (QED) is 0.933. The van der Waals surface area contributed by atoms with E-state index in [1.165, 1.54) is 0 Å². The van der Waals surface area contributed by atoms with Crippen molar-refractivity contribution in [3.63, 3.8) is 0 Å². The van der Waals surface area contributed by atoms with Gasteiger partial charge >= 0.3 is 6.09 Å². The summed E-state index contributed by atoms with van der Waals surface area (Å²) in [6, 6.07) is 14.2. The largest absolute Gasteiger partial charge is 0.415 e. The Morgan fingerprint density at radius 3 is 2.83 bits per heavy atom. The van der Waals surface area contributed by atoms with Crippen molar-refractivity contribution < 1.29 is 9.53 Å². The van der Waals surface area contributed by atoms with Crippen molar-refractivity contribution in [2.75, 3.05) is 13.1 Å². The van der Waals surface area contributed by atoms with Crippen LogP contribution in [0.3, 0.4) is 0 Å². The molecule has 0 aromatic heterocycles. The summed E-state index contributed by atoms with van der Waals surface area (Å²) in [7, 11) is 0. The second-order valence-electron chi connectivity index (χ2n) is 6.16. The molecule has 122 valence electrons. The molecule has 0 bridgehead atoms. The van der Waals surface area contributed by atoms with Gasteiger partial charge in [0, 0.05) is 24.0 Å². The molecule has 1 fully saturated rings. The molecule has 1 saturated heterocycles. The van der Waals surface area contributed by atoms with Crippen LogP contribution in [0.2, 0.25) is 0 Å². The lowest BCUT2D eigenvalue weighted by molar-refractivity contribution is 0.112. The van der Waals surface area contributed by atoms with Gasteiger partial charge in [-0.3, -0.25) is 0 Å². The minimum atomic E-state index is -0.246. The molecular weight excluding hydrogens is 288 g/mol. The number of ether oxygens (including phenoxy) is 1. The van der Waals surface area contributed by atoms with E-state index in [2.05, 4.69) is 19.2 Å². The highest BCUT2D eigenvalue weighted by molar-refractivity contribution is 5.90. The predicted molar refractivity (Wildman–Crippen MR) is 92.8 cm³/mol. The summed E-state index contributed by atoms with van der Waals surface area (Å²) >= 11 is 0. The van der Waals surface area contributed by atoms with Crippen molar-refractivity contribution in [3.05, 3.63) is 42.5 Å². The Balaban J connectivity index is 1.85. The molecule has 1 aliphatic rings. The molecule has 0 aliphatic carbocycles. The first-order chi connectivity index (χ1) is 11.2. The molecule has 1 N–H and O–H groups in total. The number of rotatable bonds is 4. The number of nitrogens with zero attached hydrogens (tertiary/aromatic N) is 1. The molecule has 2 aromatic carbocycles. The molecule has 23 heavy (non-hydrogen) atoms. The fraction of sp³-hybridized carbons (Fsp3) is 0.421. The van der Waals surface area contributed by atoms with E-state index in [-0.39, 0.29) is 18.2 Å². The van der Waals surface area contributed by atoms with Gasteiger partial charge in [-0.05, 0) is 37.8 Å². The van der Waals surface area contributed by atoms with Crippen LogP contribution in [0.15, 0.2) is 42.5 Å². The second kappa shape index (κ2) is 7.01. The van der Waals surface area contributed by atoms with E-state index >= 15 is 0 Å². The third-order valence-corrected chi connectivity index (χ3v) is 4.65. The monoisotopic (exact) mass is 312 g/mol. The van der Waals surface area contributed by atoms with Crippen LogP contribution in [0.5, 0.6) is 5.75 Å². The van der Waals surface area contributed by atoms with Gasteiger partial charge in [0.05, 0.1) is 0 Å². The lowest BCUT2D eigenvalue weighted by Gasteiger charge is -2.32. The van der Waals surface area contributed by atoms with E-state index in [1.807, 2.05) is 47.4 Å². The first kappa shape index (κ1) is 15.8. The molecule has 4 nitrogen and oxygen atoms in total. The van der Waals surface area contributed by atoms with Gasteiger partial charge in [0.25, 0.3) is 0 Å². The fourth-order valence-electron chi connectivity index (χ4n) is 3.19.